The van der Waals surface area contributed by atoms with E-state index in [0.717, 1.165) is 25.7 Å². The summed E-state index contributed by atoms with van der Waals surface area (Å²) < 4.78 is 39.3. The fourth-order valence-electron chi connectivity index (χ4n) is 5.92. The number of hydrogen-bond donors (Lipinski definition) is 3. The van der Waals surface area contributed by atoms with Crippen LogP contribution in [-0.4, -0.2) is 84.7 Å². The average molecular weight is 483 g/mol. The van der Waals surface area contributed by atoms with Crippen LogP contribution in [0.15, 0.2) is 10.6 Å². The molecule has 1 unspecified atom stereocenters. The van der Waals surface area contributed by atoms with Crippen LogP contribution in [0.3, 0.4) is 0 Å². The molecule has 10 nitrogen and oxygen atoms in total. The van der Waals surface area contributed by atoms with E-state index >= 15 is 0 Å². The molecule has 33 heavy (non-hydrogen) atoms. The van der Waals surface area contributed by atoms with Gasteiger partial charge >= 0.3 is 0 Å². The Labute approximate surface area is 194 Å². The molecular weight excluding hydrogens is 448 g/mol. The lowest BCUT2D eigenvalue weighted by Gasteiger charge is -2.41. The maximum atomic E-state index is 13.5. The molecule has 0 aromatic carbocycles. The molecule has 11 heteroatoms. The number of aliphatic hydroxyl groups is 1. The molecule has 1 aliphatic carbocycles. The van der Waals surface area contributed by atoms with Gasteiger partial charge in [-0.05, 0) is 51.4 Å². The van der Waals surface area contributed by atoms with Gasteiger partial charge < -0.3 is 25.0 Å². The Morgan fingerprint density at radius 3 is 2.39 bits per heavy atom. The molecule has 1 amide bonds. The third-order valence-electron chi connectivity index (χ3n) is 7.74. The van der Waals surface area contributed by atoms with Gasteiger partial charge in [-0.3, -0.25) is 4.79 Å². The minimum absolute atomic E-state index is 0.0516. The molecule has 5 rings (SSSR count). The molecule has 184 valence electrons. The number of carbonyl (C=O) groups excluding carboxylic acids is 1. The molecule has 3 atom stereocenters. The number of aliphatic hydroxyl groups excluding tert-OH is 1. The number of carbonyl (C=O) groups is 1. The number of amides is 1. The second kappa shape index (κ2) is 9.61. The van der Waals surface area contributed by atoms with Crippen LogP contribution in [0.2, 0.25) is 0 Å². The molecule has 0 radical (unpaired) electrons. The maximum absolute atomic E-state index is 13.5. The van der Waals surface area contributed by atoms with Gasteiger partial charge in [0.05, 0.1) is 31.0 Å². The lowest BCUT2D eigenvalue weighted by atomic mass is 9.95. The highest BCUT2D eigenvalue weighted by atomic mass is 32.2. The third kappa shape index (κ3) is 4.70. The van der Waals surface area contributed by atoms with Crippen molar-refractivity contribution in [3.8, 4) is 0 Å². The molecular formula is C22H34N4O6S. The summed E-state index contributed by atoms with van der Waals surface area (Å²) in [6, 6.07) is 1.80. The Hall–Kier alpha value is -1.53. The van der Waals surface area contributed by atoms with E-state index in [4.69, 9.17) is 14.4 Å². The van der Waals surface area contributed by atoms with Crippen LogP contribution in [-0.2, 0) is 14.8 Å². The van der Waals surface area contributed by atoms with Crippen molar-refractivity contribution in [3.05, 3.63) is 17.5 Å². The number of hydrogen-bond acceptors (Lipinski definition) is 8. The van der Waals surface area contributed by atoms with Crippen LogP contribution in [0, 0.1) is 0 Å². The van der Waals surface area contributed by atoms with Crippen molar-refractivity contribution >= 4 is 15.9 Å². The zero-order valence-electron chi connectivity index (χ0n) is 18.8. The number of fused-ring (bicyclic) bond motifs is 2. The monoisotopic (exact) mass is 482 g/mol. The normalized spacial score (nSPS) is 33.1. The van der Waals surface area contributed by atoms with E-state index in [2.05, 4.69) is 15.8 Å². The highest BCUT2D eigenvalue weighted by Gasteiger charge is 2.49. The largest absolute Gasteiger partial charge is 0.395 e. The Bertz CT molecular complexity index is 926. The smallest absolute Gasteiger partial charge is 0.273 e. The van der Waals surface area contributed by atoms with Crippen molar-refractivity contribution in [3.63, 3.8) is 0 Å². The van der Waals surface area contributed by atoms with Gasteiger partial charge in [-0.15, -0.1) is 0 Å². The van der Waals surface area contributed by atoms with Gasteiger partial charge in [0.2, 0.25) is 10.0 Å². The highest BCUT2D eigenvalue weighted by molar-refractivity contribution is 7.89. The van der Waals surface area contributed by atoms with Crippen LogP contribution in [0.4, 0.5) is 0 Å². The second-order valence-electron chi connectivity index (χ2n) is 9.90. The van der Waals surface area contributed by atoms with Crippen molar-refractivity contribution in [1.29, 1.82) is 0 Å². The molecule has 1 aromatic heterocycles. The van der Waals surface area contributed by atoms with Gasteiger partial charge in [0.1, 0.15) is 5.76 Å². The number of nitrogens with one attached hydrogen (secondary N) is 2. The summed E-state index contributed by atoms with van der Waals surface area (Å²) >= 11 is 0. The van der Waals surface area contributed by atoms with E-state index in [-0.39, 0.29) is 53.5 Å². The molecule has 3 saturated heterocycles. The van der Waals surface area contributed by atoms with Crippen molar-refractivity contribution in [2.24, 2.45) is 0 Å². The van der Waals surface area contributed by atoms with E-state index < -0.39 is 10.0 Å². The maximum Gasteiger partial charge on any atom is 0.273 e. The van der Waals surface area contributed by atoms with E-state index in [1.807, 2.05) is 0 Å². The zero-order chi connectivity index (χ0) is 23.0. The summed E-state index contributed by atoms with van der Waals surface area (Å²) in [5.41, 5.74) is 0.269. The lowest BCUT2D eigenvalue weighted by Crippen LogP contribution is -2.55. The number of ether oxygens (including phenoxy) is 1. The quantitative estimate of drug-likeness (QED) is 0.494. The summed E-state index contributed by atoms with van der Waals surface area (Å²) in [6.45, 7) is 1.83. The first-order valence-electron chi connectivity index (χ1n) is 12.2. The summed E-state index contributed by atoms with van der Waals surface area (Å²) in [7, 11) is -3.37. The van der Waals surface area contributed by atoms with Crippen LogP contribution in [0.1, 0.15) is 73.5 Å². The number of nitrogens with zero attached hydrogens (tertiary/aromatic N) is 2. The molecule has 4 heterocycles. The lowest BCUT2D eigenvalue weighted by molar-refractivity contribution is -0.00228. The SMILES string of the molecule is O=C(NC1C[C@H]2CC[C@@H](C1)N2S(=O)(=O)C1CCC(NCCO)CC1)c1cc(C2COC2)on1. The van der Waals surface area contributed by atoms with Gasteiger partial charge in [0, 0.05) is 36.8 Å². The van der Waals surface area contributed by atoms with Gasteiger partial charge in [0.15, 0.2) is 5.69 Å². The van der Waals surface area contributed by atoms with Gasteiger partial charge in [-0.25, -0.2) is 8.42 Å². The fourth-order valence-corrected chi connectivity index (χ4v) is 8.35. The average Bonchev–Trinajstić information content (AvgIpc) is 3.35. The second-order valence-corrected chi connectivity index (χ2v) is 12.0. The molecule has 0 spiro atoms. The van der Waals surface area contributed by atoms with E-state index in [9.17, 15) is 13.2 Å². The first kappa shape index (κ1) is 23.2. The summed E-state index contributed by atoms with van der Waals surface area (Å²) in [6.07, 6.45) is 5.91. The molecule has 3 N–H and O–H groups in total. The minimum Gasteiger partial charge on any atom is -0.395 e. The van der Waals surface area contributed by atoms with Crippen molar-refractivity contribution < 1.29 is 27.6 Å². The Balaban J connectivity index is 1.17. The van der Waals surface area contributed by atoms with Gasteiger partial charge in [-0.1, -0.05) is 5.16 Å². The molecule has 1 aromatic rings. The van der Waals surface area contributed by atoms with Gasteiger partial charge in [0.25, 0.3) is 5.91 Å². The summed E-state index contributed by atoms with van der Waals surface area (Å²) in [4.78, 5) is 12.7. The number of piperidine rings is 1. The van der Waals surface area contributed by atoms with E-state index in [1.54, 1.807) is 10.4 Å². The molecule has 1 saturated carbocycles. The molecule has 4 fully saturated rings. The van der Waals surface area contributed by atoms with Crippen LogP contribution < -0.4 is 10.6 Å². The first-order valence-corrected chi connectivity index (χ1v) is 13.7. The standard InChI is InChI=1S/C22H34N4O6S/c27-8-7-23-15-1-5-19(6-2-15)33(29,30)26-17-3-4-18(26)10-16(9-17)24-22(28)20-11-21(32-25-20)14-12-31-13-14/h11,14-19,23,27H,1-10,12-13H2,(H,24,28)/t15?,16?,17-,18+,19?. The first-order chi connectivity index (χ1) is 16.0. The number of aromatic nitrogens is 1. The third-order valence-corrected chi connectivity index (χ3v) is 10.2. The number of rotatable bonds is 8. The minimum atomic E-state index is -3.37. The van der Waals surface area contributed by atoms with E-state index in [0.29, 0.717) is 51.2 Å². The van der Waals surface area contributed by atoms with Crippen LogP contribution >= 0.6 is 0 Å². The van der Waals surface area contributed by atoms with Crippen molar-refractivity contribution in [2.75, 3.05) is 26.4 Å². The van der Waals surface area contributed by atoms with E-state index in [1.165, 1.54) is 0 Å². The topological polar surface area (TPSA) is 134 Å². The molecule has 2 bridgehead atoms. The predicted octanol–water partition coefficient (Wildman–Crippen LogP) is 0.737. The molecule has 3 aliphatic heterocycles. The Morgan fingerprint density at radius 1 is 1.09 bits per heavy atom. The zero-order valence-corrected chi connectivity index (χ0v) is 19.6. The van der Waals surface area contributed by atoms with Crippen molar-refractivity contribution in [2.45, 2.75) is 86.7 Å². The van der Waals surface area contributed by atoms with Gasteiger partial charge in [-0.2, -0.15) is 4.31 Å². The summed E-state index contributed by atoms with van der Waals surface area (Å²) in [5.74, 6) is 0.581. The Morgan fingerprint density at radius 2 is 1.79 bits per heavy atom. The molecule has 4 aliphatic rings. The van der Waals surface area contributed by atoms with Crippen molar-refractivity contribution in [1.82, 2.24) is 20.1 Å². The summed E-state index contributed by atoms with van der Waals surface area (Å²) in [5, 5.41) is 18.9. The van der Waals surface area contributed by atoms with Crippen LogP contribution in [0.25, 0.3) is 0 Å². The highest BCUT2D eigenvalue weighted by Crippen LogP contribution is 2.41. The fraction of sp³-hybridized carbons (Fsp3) is 0.818. The predicted molar refractivity (Wildman–Crippen MR) is 119 cm³/mol. The van der Waals surface area contributed by atoms with Crippen LogP contribution in [0.5, 0.6) is 0 Å². The Kier molecular flexibility index (Phi) is 6.76. The number of sulfonamides is 1.